The van der Waals surface area contributed by atoms with Gasteiger partial charge in [0.1, 0.15) is 11.5 Å². The van der Waals surface area contributed by atoms with Crippen LogP contribution in [-0.4, -0.2) is 24.4 Å². The number of ether oxygens (including phenoxy) is 2. The topological polar surface area (TPSA) is 58.9 Å². The molecule has 21 heavy (non-hydrogen) atoms. The number of para-hydroxylation sites is 1. The van der Waals surface area contributed by atoms with Crippen LogP contribution >= 0.6 is 0 Å². The van der Waals surface area contributed by atoms with Gasteiger partial charge in [-0.1, -0.05) is 19.1 Å². The Morgan fingerprint density at radius 3 is 2.19 bits per heavy atom. The van der Waals surface area contributed by atoms with E-state index in [2.05, 4.69) is 0 Å². The predicted octanol–water partition coefficient (Wildman–Crippen LogP) is 3.67. The number of phenolic OH excluding ortho intramolecular Hbond substituents is 2. The molecule has 0 atom stereocenters. The van der Waals surface area contributed by atoms with Crippen LogP contribution in [0, 0.1) is 6.92 Å². The molecule has 2 aromatic rings. The summed E-state index contributed by atoms with van der Waals surface area (Å²) in [7, 11) is 3.17. The minimum absolute atomic E-state index is 0.215. The van der Waals surface area contributed by atoms with Crippen LogP contribution in [0.5, 0.6) is 23.0 Å². The standard InChI is InChI=1S/C9H12O2.C8H10O2/c1-3-7-5-4-6-8(10)9(7)11-2;1-6-5-7(9)3-4-8(6)10-2/h4-6,10H,3H2,1-2H3;3-5,9H,1-2H3. The Balaban J connectivity index is 0.000000211. The molecule has 0 aliphatic heterocycles. The number of aromatic hydroxyl groups is 2. The fourth-order valence-corrected chi connectivity index (χ4v) is 1.95. The van der Waals surface area contributed by atoms with Crippen molar-refractivity contribution in [1.29, 1.82) is 0 Å². The first kappa shape index (κ1) is 16.7. The summed E-state index contributed by atoms with van der Waals surface area (Å²) in [5.74, 6) is 1.89. The molecule has 0 saturated carbocycles. The van der Waals surface area contributed by atoms with Gasteiger partial charge >= 0.3 is 0 Å². The molecule has 2 rings (SSSR count). The lowest BCUT2D eigenvalue weighted by atomic mass is 10.1. The van der Waals surface area contributed by atoms with Crippen LogP contribution in [0.4, 0.5) is 0 Å². The van der Waals surface area contributed by atoms with Crippen LogP contribution in [0.25, 0.3) is 0 Å². The van der Waals surface area contributed by atoms with E-state index in [9.17, 15) is 5.11 Å². The first-order valence-corrected chi connectivity index (χ1v) is 6.71. The maximum absolute atomic E-state index is 9.30. The molecule has 4 heteroatoms. The number of aryl methyl sites for hydroxylation is 2. The van der Waals surface area contributed by atoms with Crippen molar-refractivity contribution in [3.8, 4) is 23.0 Å². The van der Waals surface area contributed by atoms with Gasteiger partial charge in [-0.25, -0.2) is 0 Å². The monoisotopic (exact) mass is 290 g/mol. The average Bonchev–Trinajstić information content (AvgIpc) is 2.47. The van der Waals surface area contributed by atoms with Gasteiger partial charge in [-0.05, 0) is 48.7 Å². The van der Waals surface area contributed by atoms with E-state index in [0.717, 1.165) is 23.3 Å². The summed E-state index contributed by atoms with van der Waals surface area (Å²) in [6.07, 6.45) is 0.873. The van der Waals surface area contributed by atoms with E-state index in [1.807, 2.05) is 26.0 Å². The maximum Gasteiger partial charge on any atom is 0.163 e. The van der Waals surface area contributed by atoms with Crippen molar-refractivity contribution in [2.45, 2.75) is 20.3 Å². The highest BCUT2D eigenvalue weighted by Crippen LogP contribution is 2.29. The third-order valence-corrected chi connectivity index (χ3v) is 3.04. The molecule has 2 aromatic carbocycles. The predicted molar refractivity (Wildman–Crippen MR) is 83.4 cm³/mol. The van der Waals surface area contributed by atoms with E-state index >= 15 is 0 Å². The lowest BCUT2D eigenvalue weighted by Gasteiger charge is -2.07. The normalized spacial score (nSPS) is 9.52. The number of hydrogen-bond acceptors (Lipinski definition) is 4. The zero-order chi connectivity index (χ0) is 15.8. The van der Waals surface area contributed by atoms with E-state index in [1.54, 1.807) is 38.5 Å². The van der Waals surface area contributed by atoms with Gasteiger partial charge < -0.3 is 19.7 Å². The summed E-state index contributed by atoms with van der Waals surface area (Å²) in [4.78, 5) is 0. The van der Waals surface area contributed by atoms with Crippen LogP contribution in [0.3, 0.4) is 0 Å². The van der Waals surface area contributed by atoms with Crippen molar-refractivity contribution in [2.75, 3.05) is 14.2 Å². The molecule has 0 spiro atoms. The number of phenols is 2. The highest BCUT2D eigenvalue weighted by molar-refractivity contribution is 5.45. The van der Waals surface area contributed by atoms with Gasteiger partial charge in [0.15, 0.2) is 11.5 Å². The number of hydrogen-bond donors (Lipinski definition) is 2. The minimum atomic E-state index is 0.215. The Bertz CT molecular complexity index is 579. The van der Waals surface area contributed by atoms with Gasteiger partial charge in [0.2, 0.25) is 0 Å². The third-order valence-electron chi connectivity index (χ3n) is 3.04. The molecule has 2 N–H and O–H groups in total. The van der Waals surface area contributed by atoms with Crippen LogP contribution < -0.4 is 9.47 Å². The van der Waals surface area contributed by atoms with Crippen LogP contribution in [0.2, 0.25) is 0 Å². The molecule has 0 unspecified atom stereocenters. The summed E-state index contributed by atoms with van der Waals surface area (Å²) < 4.78 is 10.0. The summed E-state index contributed by atoms with van der Waals surface area (Å²) in [5.41, 5.74) is 1.98. The Morgan fingerprint density at radius 1 is 1.00 bits per heavy atom. The smallest absolute Gasteiger partial charge is 0.163 e. The largest absolute Gasteiger partial charge is 0.508 e. The van der Waals surface area contributed by atoms with Gasteiger partial charge in [0, 0.05) is 0 Å². The molecule has 0 bridgehead atoms. The van der Waals surface area contributed by atoms with Gasteiger partial charge in [0.25, 0.3) is 0 Å². The Hall–Kier alpha value is -2.36. The lowest BCUT2D eigenvalue weighted by molar-refractivity contribution is 0.369. The second-order valence-electron chi connectivity index (χ2n) is 4.48. The van der Waals surface area contributed by atoms with Gasteiger partial charge in [0.05, 0.1) is 14.2 Å². The van der Waals surface area contributed by atoms with Gasteiger partial charge in [-0.2, -0.15) is 0 Å². The van der Waals surface area contributed by atoms with Crippen LogP contribution in [-0.2, 0) is 6.42 Å². The quantitative estimate of drug-likeness (QED) is 0.905. The molecule has 0 radical (unpaired) electrons. The second kappa shape index (κ2) is 8.04. The van der Waals surface area contributed by atoms with E-state index in [-0.39, 0.29) is 11.5 Å². The van der Waals surface area contributed by atoms with Gasteiger partial charge in [-0.15, -0.1) is 0 Å². The zero-order valence-electron chi connectivity index (χ0n) is 12.9. The fourth-order valence-electron chi connectivity index (χ4n) is 1.95. The van der Waals surface area contributed by atoms with Crippen molar-refractivity contribution < 1.29 is 19.7 Å². The molecule has 114 valence electrons. The Labute approximate surface area is 125 Å². The van der Waals surface area contributed by atoms with Crippen molar-refractivity contribution in [3.05, 3.63) is 47.5 Å². The van der Waals surface area contributed by atoms with Crippen molar-refractivity contribution in [1.82, 2.24) is 0 Å². The minimum Gasteiger partial charge on any atom is -0.508 e. The molecule has 0 aliphatic rings. The molecular weight excluding hydrogens is 268 g/mol. The lowest BCUT2D eigenvalue weighted by Crippen LogP contribution is -1.89. The molecule has 0 aliphatic carbocycles. The Kier molecular flexibility index (Phi) is 6.40. The number of methoxy groups -OCH3 is 2. The molecule has 0 amide bonds. The first-order valence-electron chi connectivity index (χ1n) is 6.71. The molecular formula is C17H22O4. The molecule has 4 nitrogen and oxygen atoms in total. The van der Waals surface area contributed by atoms with Crippen LogP contribution in [0.1, 0.15) is 18.1 Å². The van der Waals surface area contributed by atoms with E-state index < -0.39 is 0 Å². The summed E-state index contributed by atoms with van der Waals surface area (Å²) >= 11 is 0. The Morgan fingerprint density at radius 2 is 1.71 bits per heavy atom. The first-order chi connectivity index (χ1) is 10.0. The summed E-state index contributed by atoms with van der Waals surface area (Å²) in [5, 5.41) is 18.3. The zero-order valence-corrected chi connectivity index (χ0v) is 12.9. The fraction of sp³-hybridized carbons (Fsp3) is 0.294. The number of rotatable bonds is 3. The average molecular weight is 290 g/mol. The molecule has 0 fully saturated rings. The van der Waals surface area contributed by atoms with E-state index in [1.165, 1.54) is 0 Å². The highest BCUT2D eigenvalue weighted by atomic mass is 16.5. The maximum atomic E-state index is 9.30. The second-order valence-corrected chi connectivity index (χ2v) is 4.48. The van der Waals surface area contributed by atoms with Gasteiger partial charge in [-0.3, -0.25) is 0 Å². The van der Waals surface area contributed by atoms with E-state index in [0.29, 0.717) is 5.75 Å². The molecule has 0 aromatic heterocycles. The third kappa shape index (κ3) is 4.60. The van der Waals surface area contributed by atoms with Crippen molar-refractivity contribution in [3.63, 3.8) is 0 Å². The molecule has 0 saturated heterocycles. The van der Waals surface area contributed by atoms with Crippen molar-refractivity contribution in [2.24, 2.45) is 0 Å². The van der Waals surface area contributed by atoms with E-state index in [4.69, 9.17) is 14.6 Å². The summed E-state index contributed by atoms with van der Waals surface area (Å²) in [6, 6.07) is 10.4. The SMILES string of the molecule is CCc1cccc(O)c1OC.COc1ccc(O)cc1C. The molecule has 0 heterocycles. The highest BCUT2D eigenvalue weighted by Gasteiger charge is 2.04. The van der Waals surface area contributed by atoms with Crippen molar-refractivity contribution >= 4 is 0 Å². The summed E-state index contributed by atoms with van der Waals surface area (Å²) in [6.45, 7) is 3.91. The number of benzene rings is 2. The van der Waals surface area contributed by atoms with Crippen LogP contribution in [0.15, 0.2) is 36.4 Å².